The highest BCUT2D eigenvalue weighted by Crippen LogP contribution is 2.32. The molecule has 0 aliphatic carbocycles. The maximum Gasteiger partial charge on any atom is 0.278 e. The third-order valence-electron chi connectivity index (χ3n) is 5.23. The summed E-state index contributed by atoms with van der Waals surface area (Å²) >= 11 is 1.25. The highest BCUT2D eigenvalue weighted by atomic mass is 32.1. The van der Waals surface area contributed by atoms with Crippen LogP contribution in [0.4, 0.5) is 5.69 Å². The van der Waals surface area contributed by atoms with Gasteiger partial charge in [-0.3, -0.25) is 14.5 Å². The van der Waals surface area contributed by atoms with Gasteiger partial charge >= 0.3 is 0 Å². The molecule has 4 rings (SSSR count). The van der Waals surface area contributed by atoms with E-state index in [1.165, 1.54) is 11.5 Å². The lowest BCUT2D eigenvalue weighted by molar-refractivity contribution is -0.134. The van der Waals surface area contributed by atoms with E-state index in [4.69, 9.17) is 0 Å². The zero-order chi connectivity index (χ0) is 18.1. The summed E-state index contributed by atoms with van der Waals surface area (Å²) < 4.78 is 4.20. The Labute approximate surface area is 157 Å². The zero-order valence-electron chi connectivity index (χ0n) is 14.8. The Hall–Kier alpha value is -2.25. The van der Waals surface area contributed by atoms with Crippen LogP contribution in [0.1, 0.15) is 22.5 Å². The highest BCUT2D eigenvalue weighted by molar-refractivity contribution is 7.03. The van der Waals surface area contributed by atoms with Crippen molar-refractivity contribution in [2.45, 2.75) is 18.9 Å². The SMILES string of the molecule is CN1CCN(C(=O)C2CCc3ccccc3N2C(=O)c2ccsn2)CC1. The van der Waals surface area contributed by atoms with Gasteiger partial charge in [-0.15, -0.1) is 0 Å². The fourth-order valence-electron chi connectivity index (χ4n) is 3.72. The number of rotatable bonds is 2. The van der Waals surface area contributed by atoms with Crippen molar-refractivity contribution >= 4 is 29.0 Å². The van der Waals surface area contributed by atoms with Crippen molar-refractivity contribution in [3.8, 4) is 0 Å². The summed E-state index contributed by atoms with van der Waals surface area (Å²) in [5, 5.41) is 1.79. The molecule has 2 amide bonds. The lowest BCUT2D eigenvalue weighted by atomic mass is 9.94. The fraction of sp³-hybridized carbons (Fsp3) is 0.421. The number of benzene rings is 1. The van der Waals surface area contributed by atoms with Crippen molar-refractivity contribution in [2.75, 3.05) is 38.1 Å². The Balaban J connectivity index is 1.67. The molecule has 26 heavy (non-hydrogen) atoms. The maximum atomic E-state index is 13.2. The Bertz CT molecular complexity index is 800. The number of likely N-dealkylation sites (N-methyl/N-ethyl adjacent to an activating group) is 1. The smallest absolute Gasteiger partial charge is 0.278 e. The van der Waals surface area contributed by atoms with E-state index in [0.717, 1.165) is 30.8 Å². The minimum absolute atomic E-state index is 0.0520. The van der Waals surface area contributed by atoms with Crippen LogP contribution >= 0.6 is 11.5 Å². The van der Waals surface area contributed by atoms with Gasteiger partial charge in [0.1, 0.15) is 11.7 Å². The van der Waals surface area contributed by atoms with Crippen LogP contribution in [0.25, 0.3) is 0 Å². The monoisotopic (exact) mass is 370 g/mol. The standard InChI is InChI=1S/C19H22N4O2S/c1-21-9-11-22(12-10-21)19(25)17-7-6-14-4-2-3-5-16(14)23(17)18(24)15-8-13-26-20-15/h2-5,8,13,17H,6-7,9-12H2,1H3. The molecule has 0 bridgehead atoms. The Morgan fingerprint density at radius 1 is 1.12 bits per heavy atom. The zero-order valence-corrected chi connectivity index (χ0v) is 15.6. The van der Waals surface area contributed by atoms with Crippen molar-refractivity contribution in [1.29, 1.82) is 0 Å². The highest BCUT2D eigenvalue weighted by Gasteiger charge is 2.39. The number of aryl methyl sites for hydroxylation is 1. The molecule has 136 valence electrons. The second-order valence-electron chi connectivity index (χ2n) is 6.87. The van der Waals surface area contributed by atoms with E-state index in [9.17, 15) is 9.59 Å². The van der Waals surface area contributed by atoms with Gasteiger partial charge in [0.05, 0.1) is 0 Å². The molecule has 2 aliphatic heterocycles. The summed E-state index contributed by atoms with van der Waals surface area (Å²) in [7, 11) is 2.07. The number of hydrogen-bond donors (Lipinski definition) is 0. The number of carbonyl (C=O) groups is 2. The molecule has 1 saturated heterocycles. The van der Waals surface area contributed by atoms with Crippen molar-refractivity contribution < 1.29 is 9.59 Å². The predicted octanol–water partition coefficient (Wildman–Crippen LogP) is 1.88. The van der Waals surface area contributed by atoms with Crippen LogP contribution in [0.15, 0.2) is 35.7 Å². The Morgan fingerprint density at radius 3 is 2.62 bits per heavy atom. The number of hydrogen-bond acceptors (Lipinski definition) is 5. The van der Waals surface area contributed by atoms with Crippen molar-refractivity contribution in [1.82, 2.24) is 14.2 Å². The molecular weight excluding hydrogens is 348 g/mol. The molecule has 0 saturated carbocycles. The first kappa shape index (κ1) is 17.2. The van der Waals surface area contributed by atoms with Gasteiger partial charge in [-0.25, -0.2) is 0 Å². The lowest BCUT2D eigenvalue weighted by Crippen LogP contribution is -2.57. The largest absolute Gasteiger partial charge is 0.338 e. The fourth-order valence-corrected chi connectivity index (χ4v) is 4.22. The number of nitrogens with zero attached hydrogens (tertiary/aromatic N) is 4. The summed E-state index contributed by atoms with van der Waals surface area (Å²) in [5.74, 6) is -0.137. The third-order valence-corrected chi connectivity index (χ3v) is 5.79. The topological polar surface area (TPSA) is 56.8 Å². The maximum absolute atomic E-state index is 13.2. The van der Waals surface area contributed by atoms with E-state index in [0.29, 0.717) is 25.2 Å². The number of amides is 2. The quantitative estimate of drug-likeness (QED) is 0.810. The van der Waals surface area contributed by atoms with Crippen LogP contribution in [0.5, 0.6) is 0 Å². The number of carbonyl (C=O) groups excluding carboxylic acids is 2. The molecule has 1 atom stereocenters. The first-order chi connectivity index (χ1) is 12.6. The van der Waals surface area contributed by atoms with Crippen LogP contribution in [-0.4, -0.2) is 65.3 Å². The minimum atomic E-state index is -0.456. The Morgan fingerprint density at radius 2 is 1.88 bits per heavy atom. The average molecular weight is 370 g/mol. The van der Waals surface area contributed by atoms with Gasteiger partial charge in [0.25, 0.3) is 5.91 Å². The van der Waals surface area contributed by atoms with E-state index in [1.54, 1.807) is 16.3 Å². The molecule has 3 heterocycles. The summed E-state index contributed by atoms with van der Waals surface area (Å²) in [5.41, 5.74) is 2.35. The molecule has 6 nitrogen and oxygen atoms in total. The first-order valence-corrected chi connectivity index (χ1v) is 9.78. The predicted molar refractivity (Wildman–Crippen MR) is 102 cm³/mol. The number of aromatic nitrogens is 1. The molecule has 0 spiro atoms. The van der Waals surface area contributed by atoms with Crippen molar-refractivity contribution in [3.05, 3.63) is 47.0 Å². The van der Waals surface area contributed by atoms with Crippen LogP contribution in [0.2, 0.25) is 0 Å². The molecule has 2 aromatic rings. The Kier molecular flexibility index (Phi) is 4.74. The van der Waals surface area contributed by atoms with E-state index in [2.05, 4.69) is 16.3 Å². The molecular formula is C19H22N4O2S. The summed E-state index contributed by atoms with van der Waals surface area (Å²) in [6.07, 6.45) is 1.46. The van der Waals surface area contributed by atoms with Gasteiger partial charge in [-0.1, -0.05) is 18.2 Å². The molecule has 0 radical (unpaired) electrons. The van der Waals surface area contributed by atoms with Gasteiger partial charge in [0, 0.05) is 37.2 Å². The minimum Gasteiger partial charge on any atom is -0.338 e. The van der Waals surface area contributed by atoms with Crippen LogP contribution < -0.4 is 4.90 Å². The molecule has 0 N–H and O–H groups in total. The molecule has 1 aromatic heterocycles. The van der Waals surface area contributed by atoms with Crippen molar-refractivity contribution in [3.63, 3.8) is 0 Å². The summed E-state index contributed by atoms with van der Waals surface area (Å²) in [6.45, 7) is 3.17. The first-order valence-electron chi connectivity index (χ1n) is 8.94. The van der Waals surface area contributed by atoms with Crippen LogP contribution in [0.3, 0.4) is 0 Å². The second-order valence-corrected chi connectivity index (χ2v) is 7.54. The number of anilines is 1. The molecule has 1 unspecified atom stereocenters. The number of piperazine rings is 1. The number of para-hydroxylation sites is 1. The van der Waals surface area contributed by atoms with E-state index in [-0.39, 0.29) is 11.8 Å². The van der Waals surface area contributed by atoms with E-state index in [1.807, 2.05) is 29.2 Å². The van der Waals surface area contributed by atoms with Gasteiger partial charge in [0.2, 0.25) is 5.91 Å². The van der Waals surface area contributed by atoms with Gasteiger partial charge in [0.15, 0.2) is 0 Å². The van der Waals surface area contributed by atoms with Crippen molar-refractivity contribution in [2.24, 2.45) is 0 Å². The lowest BCUT2D eigenvalue weighted by Gasteiger charge is -2.40. The summed E-state index contributed by atoms with van der Waals surface area (Å²) in [6, 6.07) is 9.13. The van der Waals surface area contributed by atoms with Gasteiger partial charge in [-0.2, -0.15) is 4.37 Å². The van der Waals surface area contributed by atoms with E-state index < -0.39 is 6.04 Å². The average Bonchev–Trinajstić information content (AvgIpc) is 3.21. The molecule has 7 heteroatoms. The van der Waals surface area contributed by atoms with E-state index >= 15 is 0 Å². The normalized spacial score (nSPS) is 20.7. The second kappa shape index (κ2) is 7.17. The summed E-state index contributed by atoms with van der Waals surface area (Å²) in [4.78, 5) is 32.2. The van der Waals surface area contributed by atoms with Crippen LogP contribution in [0, 0.1) is 0 Å². The van der Waals surface area contributed by atoms with Crippen LogP contribution in [-0.2, 0) is 11.2 Å². The van der Waals surface area contributed by atoms with Gasteiger partial charge in [-0.05, 0) is 49.1 Å². The van der Waals surface area contributed by atoms with Gasteiger partial charge < -0.3 is 9.80 Å². The molecule has 1 fully saturated rings. The third kappa shape index (κ3) is 3.12. The number of fused-ring (bicyclic) bond motifs is 1. The molecule has 2 aliphatic rings. The molecule has 1 aromatic carbocycles.